The first kappa shape index (κ1) is 16.6. The number of nitrogens with one attached hydrogen (secondary N) is 3. The average Bonchev–Trinajstić information content (AvgIpc) is 2.45. The molecule has 1 amide bonds. The van der Waals surface area contributed by atoms with E-state index < -0.39 is 11.7 Å². The fourth-order valence-corrected chi connectivity index (χ4v) is 2.50. The zero-order valence-electron chi connectivity index (χ0n) is 13.7. The number of benzene rings is 1. The van der Waals surface area contributed by atoms with Crippen molar-refractivity contribution in [2.24, 2.45) is 5.92 Å². The van der Waals surface area contributed by atoms with Crippen LogP contribution in [0.3, 0.4) is 0 Å². The van der Waals surface area contributed by atoms with E-state index in [0.29, 0.717) is 5.92 Å². The standard InChI is InChI=1S/C17H27N3O2/c1-17(2,3)22-16(21)20-15-7-5-4-6-14(15)19-12-13-8-10-18-11-9-13/h4-7,13,18-19H,8-12H2,1-3H3,(H,20,21). The van der Waals surface area contributed by atoms with Crippen molar-refractivity contribution in [1.82, 2.24) is 5.32 Å². The van der Waals surface area contributed by atoms with Crippen LogP contribution in [0.2, 0.25) is 0 Å². The fourth-order valence-electron chi connectivity index (χ4n) is 2.50. The molecule has 1 saturated heterocycles. The second-order valence-electron chi connectivity index (χ2n) is 6.75. The summed E-state index contributed by atoms with van der Waals surface area (Å²) < 4.78 is 5.31. The molecule has 0 spiro atoms. The van der Waals surface area contributed by atoms with E-state index in [1.54, 1.807) is 0 Å². The Balaban J connectivity index is 1.92. The van der Waals surface area contributed by atoms with Crippen molar-refractivity contribution in [3.63, 3.8) is 0 Å². The van der Waals surface area contributed by atoms with Gasteiger partial charge in [0.15, 0.2) is 0 Å². The average molecular weight is 305 g/mol. The predicted octanol–water partition coefficient (Wildman–Crippen LogP) is 3.45. The van der Waals surface area contributed by atoms with E-state index >= 15 is 0 Å². The highest BCUT2D eigenvalue weighted by Gasteiger charge is 2.17. The van der Waals surface area contributed by atoms with Crippen molar-refractivity contribution in [2.45, 2.75) is 39.2 Å². The molecular formula is C17H27N3O2. The summed E-state index contributed by atoms with van der Waals surface area (Å²) in [7, 11) is 0. The van der Waals surface area contributed by atoms with Gasteiger partial charge in [0.05, 0.1) is 11.4 Å². The van der Waals surface area contributed by atoms with Crippen LogP contribution in [0.15, 0.2) is 24.3 Å². The van der Waals surface area contributed by atoms with Crippen LogP contribution < -0.4 is 16.0 Å². The van der Waals surface area contributed by atoms with Gasteiger partial charge in [-0.15, -0.1) is 0 Å². The third-order valence-corrected chi connectivity index (χ3v) is 3.60. The molecule has 1 aliphatic rings. The third-order valence-electron chi connectivity index (χ3n) is 3.60. The quantitative estimate of drug-likeness (QED) is 0.797. The molecule has 3 N–H and O–H groups in total. The van der Waals surface area contributed by atoms with E-state index in [9.17, 15) is 4.79 Å². The van der Waals surface area contributed by atoms with Crippen LogP contribution in [0.4, 0.5) is 16.2 Å². The molecule has 1 fully saturated rings. The van der Waals surface area contributed by atoms with Gasteiger partial charge in [0.25, 0.3) is 0 Å². The molecule has 0 bridgehead atoms. The lowest BCUT2D eigenvalue weighted by molar-refractivity contribution is 0.0636. The number of piperidine rings is 1. The summed E-state index contributed by atoms with van der Waals surface area (Å²) in [4.78, 5) is 11.9. The van der Waals surface area contributed by atoms with Gasteiger partial charge in [0, 0.05) is 6.54 Å². The molecule has 1 aromatic carbocycles. The highest BCUT2D eigenvalue weighted by molar-refractivity contribution is 5.89. The van der Waals surface area contributed by atoms with Gasteiger partial charge < -0.3 is 15.4 Å². The van der Waals surface area contributed by atoms with Crippen LogP contribution in [0.25, 0.3) is 0 Å². The van der Waals surface area contributed by atoms with Crippen molar-refractivity contribution < 1.29 is 9.53 Å². The van der Waals surface area contributed by atoms with Gasteiger partial charge in [-0.2, -0.15) is 0 Å². The number of ether oxygens (including phenoxy) is 1. The maximum absolute atomic E-state index is 11.9. The van der Waals surface area contributed by atoms with Crippen molar-refractivity contribution in [3.05, 3.63) is 24.3 Å². The summed E-state index contributed by atoms with van der Waals surface area (Å²) in [5, 5.41) is 9.64. The Morgan fingerprint density at radius 2 is 1.86 bits per heavy atom. The lowest BCUT2D eigenvalue weighted by Crippen LogP contribution is -2.31. The minimum atomic E-state index is -0.498. The third kappa shape index (κ3) is 5.56. The molecule has 5 nitrogen and oxygen atoms in total. The first-order valence-electron chi connectivity index (χ1n) is 7.98. The van der Waals surface area contributed by atoms with E-state index in [1.165, 1.54) is 12.8 Å². The Morgan fingerprint density at radius 3 is 2.50 bits per heavy atom. The molecule has 1 aromatic rings. The smallest absolute Gasteiger partial charge is 0.412 e. The van der Waals surface area contributed by atoms with Crippen LogP contribution >= 0.6 is 0 Å². The molecule has 0 radical (unpaired) electrons. The summed E-state index contributed by atoms with van der Waals surface area (Å²) >= 11 is 0. The molecular weight excluding hydrogens is 278 g/mol. The maximum atomic E-state index is 11.9. The number of amides is 1. The number of carbonyl (C=O) groups excluding carboxylic acids is 1. The highest BCUT2D eigenvalue weighted by atomic mass is 16.6. The molecule has 2 rings (SSSR count). The summed E-state index contributed by atoms with van der Waals surface area (Å²) in [6.07, 6.45) is 1.95. The number of hydrogen-bond acceptors (Lipinski definition) is 4. The molecule has 22 heavy (non-hydrogen) atoms. The Kier molecular flexibility index (Phi) is 5.66. The van der Waals surface area contributed by atoms with E-state index in [2.05, 4.69) is 16.0 Å². The van der Waals surface area contributed by atoms with Gasteiger partial charge in [-0.05, 0) is 64.8 Å². The summed E-state index contributed by atoms with van der Waals surface area (Å²) in [5.74, 6) is 0.677. The predicted molar refractivity (Wildman–Crippen MR) is 90.4 cm³/mol. The topological polar surface area (TPSA) is 62.4 Å². The molecule has 122 valence electrons. The summed E-state index contributed by atoms with van der Waals surface area (Å²) in [5.41, 5.74) is 1.19. The van der Waals surface area contributed by atoms with Gasteiger partial charge in [-0.25, -0.2) is 4.79 Å². The van der Waals surface area contributed by atoms with Crippen LogP contribution in [0.5, 0.6) is 0 Å². The normalized spacial score (nSPS) is 16.1. The largest absolute Gasteiger partial charge is 0.444 e. The Morgan fingerprint density at radius 1 is 1.23 bits per heavy atom. The molecule has 0 aromatic heterocycles. The van der Waals surface area contributed by atoms with E-state index in [4.69, 9.17) is 4.74 Å². The van der Waals surface area contributed by atoms with Crippen LogP contribution in [-0.2, 0) is 4.74 Å². The van der Waals surface area contributed by atoms with Crippen molar-refractivity contribution in [1.29, 1.82) is 0 Å². The second-order valence-corrected chi connectivity index (χ2v) is 6.75. The lowest BCUT2D eigenvalue weighted by Gasteiger charge is -2.24. The molecule has 0 aliphatic carbocycles. The van der Waals surface area contributed by atoms with Crippen molar-refractivity contribution >= 4 is 17.5 Å². The monoisotopic (exact) mass is 305 g/mol. The maximum Gasteiger partial charge on any atom is 0.412 e. The zero-order chi connectivity index (χ0) is 16.0. The molecule has 0 atom stereocenters. The summed E-state index contributed by atoms with van der Waals surface area (Å²) in [6, 6.07) is 7.73. The Hall–Kier alpha value is -1.75. The molecule has 1 aliphatic heterocycles. The minimum Gasteiger partial charge on any atom is -0.444 e. The molecule has 5 heteroatoms. The fraction of sp³-hybridized carbons (Fsp3) is 0.588. The van der Waals surface area contributed by atoms with E-state index in [1.807, 2.05) is 45.0 Å². The number of carbonyl (C=O) groups is 1. The zero-order valence-corrected chi connectivity index (χ0v) is 13.7. The molecule has 0 saturated carbocycles. The summed E-state index contributed by atoms with van der Waals surface area (Å²) in [6.45, 7) is 8.67. The van der Waals surface area contributed by atoms with Crippen LogP contribution in [0, 0.1) is 5.92 Å². The van der Waals surface area contributed by atoms with Gasteiger partial charge in [-0.3, -0.25) is 5.32 Å². The Bertz CT molecular complexity index is 491. The molecule has 1 heterocycles. The van der Waals surface area contributed by atoms with E-state index in [-0.39, 0.29) is 0 Å². The number of anilines is 2. The van der Waals surface area contributed by atoms with Gasteiger partial charge in [0.2, 0.25) is 0 Å². The van der Waals surface area contributed by atoms with Crippen LogP contribution in [-0.4, -0.2) is 31.3 Å². The SMILES string of the molecule is CC(C)(C)OC(=O)Nc1ccccc1NCC1CCNCC1. The lowest BCUT2D eigenvalue weighted by atomic mass is 9.98. The number of para-hydroxylation sites is 2. The highest BCUT2D eigenvalue weighted by Crippen LogP contribution is 2.23. The van der Waals surface area contributed by atoms with Gasteiger partial charge in [0.1, 0.15) is 5.60 Å². The van der Waals surface area contributed by atoms with Gasteiger partial charge in [-0.1, -0.05) is 12.1 Å². The second kappa shape index (κ2) is 7.49. The minimum absolute atomic E-state index is 0.427. The van der Waals surface area contributed by atoms with Gasteiger partial charge >= 0.3 is 6.09 Å². The first-order chi connectivity index (χ1) is 10.4. The van der Waals surface area contributed by atoms with Crippen molar-refractivity contribution in [3.8, 4) is 0 Å². The first-order valence-corrected chi connectivity index (χ1v) is 7.98. The molecule has 0 unspecified atom stereocenters. The number of rotatable bonds is 4. The van der Waals surface area contributed by atoms with E-state index in [0.717, 1.165) is 31.0 Å². The van der Waals surface area contributed by atoms with Crippen molar-refractivity contribution in [2.75, 3.05) is 30.3 Å². The van der Waals surface area contributed by atoms with Crippen LogP contribution in [0.1, 0.15) is 33.6 Å². The Labute approximate surface area is 132 Å². The number of hydrogen-bond donors (Lipinski definition) is 3.